The van der Waals surface area contributed by atoms with Gasteiger partial charge >= 0.3 is 0 Å². The van der Waals surface area contributed by atoms with Crippen LogP contribution in [-0.4, -0.2) is 9.78 Å². The second kappa shape index (κ2) is 3.77. The molecule has 3 heteroatoms. The van der Waals surface area contributed by atoms with Crippen LogP contribution in [-0.2, 0) is 0 Å². The van der Waals surface area contributed by atoms with E-state index in [1.54, 1.807) is 0 Å². The van der Waals surface area contributed by atoms with Gasteiger partial charge in [0, 0.05) is 23.5 Å². The number of nitrogens with two attached hydrogens (primary N) is 1. The smallest absolute Gasteiger partial charge is 0.0568 e. The summed E-state index contributed by atoms with van der Waals surface area (Å²) in [6.45, 7) is 4.22. The summed E-state index contributed by atoms with van der Waals surface area (Å²) in [5.74, 6) is 0. The summed E-state index contributed by atoms with van der Waals surface area (Å²) < 4.78 is 1.95. The predicted octanol–water partition coefficient (Wildman–Crippen LogP) is 2.71. The topological polar surface area (TPSA) is 43.8 Å². The molecule has 0 aliphatic carbocycles. The summed E-state index contributed by atoms with van der Waals surface area (Å²) in [7, 11) is 0. The number of rotatable bonds is 2. The number of anilines is 1. The second-order valence-corrected chi connectivity index (χ2v) is 3.92. The maximum absolute atomic E-state index is 5.64. The first kappa shape index (κ1) is 9.77. The van der Waals surface area contributed by atoms with Gasteiger partial charge in [-0.2, -0.15) is 5.10 Å². The van der Waals surface area contributed by atoms with Crippen molar-refractivity contribution >= 4 is 5.69 Å². The molecule has 0 saturated carbocycles. The number of hydrogen-bond donors (Lipinski definition) is 1. The minimum absolute atomic E-state index is 0.396. The van der Waals surface area contributed by atoms with Crippen molar-refractivity contribution in [2.24, 2.45) is 0 Å². The fraction of sp³-hybridized carbons (Fsp3) is 0.250. The fourth-order valence-corrected chi connectivity index (χ4v) is 1.45. The zero-order valence-corrected chi connectivity index (χ0v) is 9.01. The molecule has 0 saturated heterocycles. The number of hydrogen-bond acceptors (Lipinski definition) is 2. The molecule has 0 spiro atoms. The first-order valence-electron chi connectivity index (χ1n) is 5.07. The summed E-state index contributed by atoms with van der Waals surface area (Å²) in [5.41, 5.74) is 8.70. The molecule has 3 nitrogen and oxygen atoms in total. The van der Waals surface area contributed by atoms with Crippen molar-refractivity contribution in [1.29, 1.82) is 0 Å². The third-order valence-corrected chi connectivity index (χ3v) is 2.37. The quantitative estimate of drug-likeness (QED) is 0.759. The van der Waals surface area contributed by atoms with Gasteiger partial charge in [-0.15, -0.1) is 0 Å². The predicted molar refractivity (Wildman–Crippen MR) is 62.5 cm³/mol. The average molecular weight is 201 g/mol. The summed E-state index contributed by atoms with van der Waals surface area (Å²) in [6, 6.07) is 8.23. The van der Waals surface area contributed by atoms with Gasteiger partial charge in [0.2, 0.25) is 0 Å². The molecule has 1 aromatic heterocycles. The first-order valence-corrected chi connectivity index (χ1v) is 5.07. The van der Waals surface area contributed by atoms with Crippen LogP contribution >= 0.6 is 0 Å². The van der Waals surface area contributed by atoms with Gasteiger partial charge in [0.05, 0.1) is 6.20 Å². The third-order valence-electron chi connectivity index (χ3n) is 2.37. The van der Waals surface area contributed by atoms with Gasteiger partial charge in [0.25, 0.3) is 0 Å². The molecule has 0 aliphatic rings. The molecule has 0 atom stereocenters. The molecule has 2 N–H and O–H groups in total. The molecule has 78 valence electrons. The molecular formula is C12H15N3. The lowest BCUT2D eigenvalue weighted by Crippen LogP contribution is -1.99. The zero-order valence-electron chi connectivity index (χ0n) is 9.01. The monoisotopic (exact) mass is 201 g/mol. The Labute approximate surface area is 89.5 Å². The van der Waals surface area contributed by atoms with Gasteiger partial charge in [-0.05, 0) is 31.5 Å². The number of benzene rings is 1. The minimum atomic E-state index is 0.396. The van der Waals surface area contributed by atoms with Gasteiger partial charge in [-0.25, -0.2) is 0 Å². The minimum Gasteiger partial charge on any atom is -0.399 e. The van der Waals surface area contributed by atoms with E-state index in [1.807, 2.05) is 35.1 Å². The lowest BCUT2D eigenvalue weighted by atomic mass is 10.1. The molecule has 15 heavy (non-hydrogen) atoms. The van der Waals surface area contributed by atoms with Gasteiger partial charge in [-0.1, -0.05) is 12.1 Å². The third kappa shape index (κ3) is 2.01. The molecule has 1 heterocycles. The molecule has 2 rings (SSSR count). The number of nitrogens with zero attached hydrogens (tertiary/aromatic N) is 2. The molecule has 0 radical (unpaired) electrons. The molecular weight excluding hydrogens is 186 g/mol. The summed E-state index contributed by atoms with van der Waals surface area (Å²) in [5, 5.41) is 4.30. The Morgan fingerprint density at radius 1 is 1.13 bits per heavy atom. The molecule has 1 aromatic carbocycles. The second-order valence-electron chi connectivity index (χ2n) is 3.92. The molecule has 2 aromatic rings. The van der Waals surface area contributed by atoms with E-state index in [0.29, 0.717) is 6.04 Å². The van der Waals surface area contributed by atoms with Crippen LogP contribution in [0.2, 0.25) is 0 Å². The van der Waals surface area contributed by atoms with E-state index in [4.69, 9.17) is 5.73 Å². The number of aromatic nitrogens is 2. The zero-order chi connectivity index (χ0) is 10.8. The van der Waals surface area contributed by atoms with Crippen LogP contribution in [0.3, 0.4) is 0 Å². The van der Waals surface area contributed by atoms with Crippen molar-refractivity contribution in [3.63, 3.8) is 0 Å². The van der Waals surface area contributed by atoms with E-state index in [1.165, 1.54) is 0 Å². The largest absolute Gasteiger partial charge is 0.399 e. The van der Waals surface area contributed by atoms with Crippen molar-refractivity contribution in [2.75, 3.05) is 5.73 Å². The van der Waals surface area contributed by atoms with Gasteiger partial charge < -0.3 is 5.73 Å². The van der Waals surface area contributed by atoms with Crippen LogP contribution in [0, 0.1) is 0 Å². The lowest BCUT2D eigenvalue weighted by Gasteiger charge is -2.03. The standard InChI is InChI=1S/C12H15N3/c1-9(2)15-8-11(7-14-15)10-3-5-12(13)6-4-10/h3-9H,13H2,1-2H3. The molecule has 0 aliphatic heterocycles. The fourth-order valence-electron chi connectivity index (χ4n) is 1.45. The van der Waals surface area contributed by atoms with Crippen molar-refractivity contribution in [1.82, 2.24) is 9.78 Å². The van der Waals surface area contributed by atoms with Crippen LogP contribution < -0.4 is 5.73 Å². The van der Waals surface area contributed by atoms with E-state index >= 15 is 0 Å². The van der Waals surface area contributed by atoms with Crippen molar-refractivity contribution in [3.8, 4) is 11.1 Å². The van der Waals surface area contributed by atoms with E-state index in [-0.39, 0.29) is 0 Å². The van der Waals surface area contributed by atoms with Crippen molar-refractivity contribution < 1.29 is 0 Å². The Kier molecular flexibility index (Phi) is 2.46. The highest BCUT2D eigenvalue weighted by atomic mass is 15.3. The highest BCUT2D eigenvalue weighted by molar-refractivity contribution is 5.63. The van der Waals surface area contributed by atoms with Crippen LogP contribution in [0.5, 0.6) is 0 Å². The Hall–Kier alpha value is -1.77. The first-order chi connectivity index (χ1) is 7.16. The van der Waals surface area contributed by atoms with Crippen molar-refractivity contribution in [3.05, 3.63) is 36.7 Å². The molecule has 0 fully saturated rings. The van der Waals surface area contributed by atoms with E-state index in [2.05, 4.69) is 25.1 Å². The normalized spacial score (nSPS) is 10.9. The Morgan fingerprint density at radius 2 is 1.80 bits per heavy atom. The average Bonchev–Trinajstić information content (AvgIpc) is 2.68. The summed E-state index contributed by atoms with van der Waals surface area (Å²) in [6.07, 6.45) is 3.93. The van der Waals surface area contributed by atoms with Crippen molar-refractivity contribution in [2.45, 2.75) is 19.9 Å². The van der Waals surface area contributed by atoms with Gasteiger partial charge in [0.15, 0.2) is 0 Å². The molecule has 0 bridgehead atoms. The summed E-state index contributed by atoms with van der Waals surface area (Å²) >= 11 is 0. The van der Waals surface area contributed by atoms with Gasteiger partial charge in [0.1, 0.15) is 0 Å². The lowest BCUT2D eigenvalue weighted by molar-refractivity contribution is 0.532. The SMILES string of the molecule is CC(C)n1cc(-c2ccc(N)cc2)cn1. The van der Waals surface area contributed by atoms with Crippen LogP contribution in [0.25, 0.3) is 11.1 Å². The Morgan fingerprint density at radius 3 is 2.33 bits per heavy atom. The van der Waals surface area contributed by atoms with E-state index in [9.17, 15) is 0 Å². The molecule has 0 unspecified atom stereocenters. The molecule has 0 amide bonds. The Bertz CT molecular complexity index is 440. The maximum atomic E-state index is 5.64. The highest BCUT2D eigenvalue weighted by Gasteiger charge is 2.03. The number of nitrogen functional groups attached to an aromatic ring is 1. The van der Waals surface area contributed by atoms with E-state index < -0.39 is 0 Å². The van der Waals surface area contributed by atoms with Gasteiger partial charge in [-0.3, -0.25) is 4.68 Å². The van der Waals surface area contributed by atoms with E-state index in [0.717, 1.165) is 16.8 Å². The van der Waals surface area contributed by atoms with Crippen LogP contribution in [0.4, 0.5) is 5.69 Å². The maximum Gasteiger partial charge on any atom is 0.0568 e. The highest BCUT2D eigenvalue weighted by Crippen LogP contribution is 2.20. The summed E-state index contributed by atoms with van der Waals surface area (Å²) in [4.78, 5) is 0. The Balaban J connectivity index is 2.33. The van der Waals surface area contributed by atoms with Crippen LogP contribution in [0.15, 0.2) is 36.7 Å². The van der Waals surface area contributed by atoms with Crippen LogP contribution in [0.1, 0.15) is 19.9 Å².